The highest BCUT2D eigenvalue weighted by atomic mass is 35.5. The quantitative estimate of drug-likeness (QED) is 0.701. The van der Waals surface area contributed by atoms with Crippen molar-refractivity contribution in [2.45, 2.75) is 13.0 Å². The molecule has 0 aliphatic carbocycles. The van der Waals surface area contributed by atoms with Crippen molar-refractivity contribution in [3.05, 3.63) is 29.8 Å². The highest BCUT2D eigenvalue weighted by Gasteiger charge is 2.11. The van der Waals surface area contributed by atoms with Gasteiger partial charge >= 0.3 is 0 Å². The van der Waals surface area contributed by atoms with Crippen molar-refractivity contribution in [3.63, 3.8) is 0 Å². The van der Waals surface area contributed by atoms with Crippen LogP contribution >= 0.6 is 11.6 Å². The minimum absolute atomic E-state index is 0.251. The van der Waals surface area contributed by atoms with Crippen LogP contribution in [0.4, 0.5) is 8.78 Å². The van der Waals surface area contributed by atoms with E-state index in [0.717, 1.165) is 11.3 Å². The summed E-state index contributed by atoms with van der Waals surface area (Å²) >= 11 is 5.59. The number of benzene rings is 1. The summed E-state index contributed by atoms with van der Waals surface area (Å²) in [5.41, 5.74) is 0.969. The molecule has 17 heavy (non-hydrogen) atoms. The number of hydrogen-bond donors (Lipinski definition) is 0. The third-order valence-electron chi connectivity index (χ3n) is 2.36. The third kappa shape index (κ3) is 5.33. The molecule has 0 aliphatic rings. The van der Waals surface area contributed by atoms with Crippen LogP contribution < -0.4 is 4.74 Å². The van der Waals surface area contributed by atoms with Crippen LogP contribution in [0.2, 0.25) is 0 Å². The van der Waals surface area contributed by atoms with Crippen LogP contribution in [0.15, 0.2) is 24.3 Å². The number of ether oxygens (including phenoxy) is 1. The Balaban J connectivity index is 2.58. The predicted octanol–water partition coefficient (Wildman–Crippen LogP) is 3.00. The summed E-state index contributed by atoms with van der Waals surface area (Å²) in [6.07, 6.45) is -2.34. The zero-order chi connectivity index (χ0) is 12.7. The maximum atomic E-state index is 12.3. The second-order valence-electron chi connectivity index (χ2n) is 3.66. The molecule has 0 aliphatic heterocycles. The maximum absolute atomic E-state index is 12.3. The van der Waals surface area contributed by atoms with E-state index in [1.165, 1.54) is 0 Å². The first kappa shape index (κ1) is 14.2. The van der Waals surface area contributed by atoms with Crippen molar-refractivity contribution in [1.29, 1.82) is 0 Å². The van der Waals surface area contributed by atoms with E-state index in [1.54, 1.807) is 12.0 Å². The SMILES string of the molecule is COc1ccc(CN(CCCl)CC(F)F)cc1. The van der Waals surface area contributed by atoms with Gasteiger partial charge in [-0.2, -0.15) is 0 Å². The van der Waals surface area contributed by atoms with Crippen LogP contribution in [-0.4, -0.2) is 37.4 Å². The van der Waals surface area contributed by atoms with E-state index >= 15 is 0 Å². The molecule has 0 spiro atoms. The molecule has 96 valence electrons. The smallest absolute Gasteiger partial charge is 0.251 e. The van der Waals surface area contributed by atoms with Crippen LogP contribution in [0.25, 0.3) is 0 Å². The molecule has 0 fully saturated rings. The zero-order valence-electron chi connectivity index (χ0n) is 9.70. The summed E-state index contributed by atoms with van der Waals surface area (Å²) in [6.45, 7) is 0.678. The maximum Gasteiger partial charge on any atom is 0.251 e. The number of alkyl halides is 3. The van der Waals surface area contributed by atoms with E-state index < -0.39 is 6.43 Å². The molecule has 0 atom stereocenters. The lowest BCUT2D eigenvalue weighted by atomic mass is 10.2. The van der Waals surface area contributed by atoms with Gasteiger partial charge in [0.15, 0.2) is 0 Å². The van der Waals surface area contributed by atoms with Crippen LogP contribution in [0.1, 0.15) is 5.56 Å². The van der Waals surface area contributed by atoms with Crippen molar-refractivity contribution in [2.75, 3.05) is 26.1 Å². The fraction of sp³-hybridized carbons (Fsp3) is 0.500. The van der Waals surface area contributed by atoms with Gasteiger partial charge in [-0.1, -0.05) is 12.1 Å². The summed E-state index contributed by atoms with van der Waals surface area (Å²) in [7, 11) is 1.59. The predicted molar refractivity (Wildman–Crippen MR) is 65.0 cm³/mol. The van der Waals surface area contributed by atoms with Crippen molar-refractivity contribution < 1.29 is 13.5 Å². The first-order valence-corrected chi connectivity index (χ1v) is 5.88. The average Bonchev–Trinajstić information content (AvgIpc) is 2.29. The number of rotatable bonds is 7. The summed E-state index contributed by atoms with van der Waals surface area (Å²) in [5.74, 6) is 1.11. The second-order valence-corrected chi connectivity index (χ2v) is 4.04. The van der Waals surface area contributed by atoms with Gasteiger partial charge in [-0.25, -0.2) is 8.78 Å². The molecule has 1 rings (SSSR count). The van der Waals surface area contributed by atoms with Crippen molar-refractivity contribution in [1.82, 2.24) is 4.90 Å². The lowest BCUT2D eigenvalue weighted by molar-refractivity contribution is 0.0878. The fourth-order valence-electron chi connectivity index (χ4n) is 1.54. The zero-order valence-corrected chi connectivity index (χ0v) is 10.5. The summed E-state index contributed by atoms with van der Waals surface area (Å²) in [6, 6.07) is 7.37. The molecule has 0 aromatic heterocycles. The van der Waals surface area contributed by atoms with Crippen LogP contribution in [0.3, 0.4) is 0 Å². The van der Waals surface area contributed by atoms with Gasteiger partial charge in [0, 0.05) is 19.0 Å². The molecule has 0 N–H and O–H groups in total. The molecular weight excluding hydrogens is 248 g/mol. The van der Waals surface area contributed by atoms with Crippen molar-refractivity contribution >= 4 is 11.6 Å². The molecule has 1 aromatic rings. The Bertz CT molecular complexity index is 319. The molecule has 0 bridgehead atoms. The number of nitrogens with zero attached hydrogens (tertiary/aromatic N) is 1. The lowest BCUT2D eigenvalue weighted by Gasteiger charge is -2.20. The molecule has 0 heterocycles. The molecule has 2 nitrogen and oxygen atoms in total. The third-order valence-corrected chi connectivity index (χ3v) is 2.53. The van der Waals surface area contributed by atoms with Gasteiger partial charge in [-0.3, -0.25) is 4.90 Å². The Kier molecular flexibility index (Phi) is 6.22. The largest absolute Gasteiger partial charge is 0.497 e. The normalized spacial score (nSPS) is 11.2. The van der Waals surface area contributed by atoms with Crippen molar-refractivity contribution in [3.8, 4) is 5.75 Å². The Labute approximate surface area is 105 Å². The highest BCUT2D eigenvalue weighted by Crippen LogP contribution is 2.13. The number of methoxy groups -OCH3 is 1. The van der Waals surface area contributed by atoms with Gasteiger partial charge in [0.25, 0.3) is 6.43 Å². The van der Waals surface area contributed by atoms with E-state index in [-0.39, 0.29) is 6.54 Å². The molecular formula is C12H16ClF2NO. The van der Waals surface area contributed by atoms with E-state index in [0.29, 0.717) is 19.0 Å². The second kappa shape index (κ2) is 7.45. The van der Waals surface area contributed by atoms with E-state index in [1.807, 2.05) is 24.3 Å². The summed E-state index contributed by atoms with van der Waals surface area (Å²) in [4.78, 5) is 1.64. The summed E-state index contributed by atoms with van der Waals surface area (Å²) in [5, 5.41) is 0. The monoisotopic (exact) mass is 263 g/mol. The minimum Gasteiger partial charge on any atom is -0.497 e. The summed E-state index contributed by atoms with van der Waals surface area (Å²) < 4.78 is 29.7. The molecule has 0 radical (unpaired) electrons. The van der Waals surface area contributed by atoms with Gasteiger partial charge in [0.1, 0.15) is 5.75 Å². The number of hydrogen-bond acceptors (Lipinski definition) is 2. The van der Waals surface area contributed by atoms with E-state index in [9.17, 15) is 8.78 Å². The standard InChI is InChI=1S/C12H16ClF2NO/c1-17-11-4-2-10(3-5-11)8-16(7-6-13)9-12(14)15/h2-5,12H,6-9H2,1H3. The molecule has 0 amide bonds. The Hall–Kier alpha value is -0.870. The first-order chi connectivity index (χ1) is 8.15. The van der Waals surface area contributed by atoms with Crippen LogP contribution in [0, 0.1) is 0 Å². The fourth-order valence-corrected chi connectivity index (χ4v) is 1.78. The molecule has 5 heteroatoms. The molecule has 1 aromatic carbocycles. The average molecular weight is 264 g/mol. The van der Waals surface area contributed by atoms with Crippen LogP contribution in [0.5, 0.6) is 5.75 Å². The Morgan fingerprint density at radius 1 is 1.29 bits per heavy atom. The van der Waals surface area contributed by atoms with E-state index in [2.05, 4.69) is 0 Å². The Morgan fingerprint density at radius 3 is 2.41 bits per heavy atom. The van der Waals surface area contributed by atoms with Crippen molar-refractivity contribution in [2.24, 2.45) is 0 Å². The molecule has 0 saturated heterocycles. The topological polar surface area (TPSA) is 12.5 Å². The number of halogens is 3. The lowest BCUT2D eigenvalue weighted by Crippen LogP contribution is -2.30. The van der Waals surface area contributed by atoms with Crippen LogP contribution in [-0.2, 0) is 6.54 Å². The van der Waals surface area contributed by atoms with Gasteiger partial charge in [-0.15, -0.1) is 11.6 Å². The first-order valence-electron chi connectivity index (χ1n) is 5.35. The molecule has 0 saturated carbocycles. The van der Waals surface area contributed by atoms with Gasteiger partial charge in [0.2, 0.25) is 0 Å². The van der Waals surface area contributed by atoms with Gasteiger partial charge in [0.05, 0.1) is 13.7 Å². The Morgan fingerprint density at radius 2 is 1.94 bits per heavy atom. The van der Waals surface area contributed by atoms with Gasteiger partial charge < -0.3 is 4.74 Å². The van der Waals surface area contributed by atoms with Gasteiger partial charge in [-0.05, 0) is 17.7 Å². The van der Waals surface area contributed by atoms with E-state index in [4.69, 9.17) is 16.3 Å². The minimum atomic E-state index is -2.34. The molecule has 0 unspecified atom stereocenters. The highest BCUT2D eigenvalue weighted by molar-refractivity contribution is 6.18.